The molecule has 1 rings (SSSR count). The minimum absolute atomic E-state index is 0.160. The van der Waals surface area contributed by atoms with Crippen LogP contribution in [0.2, 0.25) is 0 Å². The monoisotopic (exact) mass is 215 g/mol. The molecule has 0 spiro atoms. The summed E-state index contributed by atoms with van der Waals surface area (Å²) in [6.07, 6.45) is 0. The molecule has 1 saturated heterocycles. The fourth-order valence-electron chi connectivity index (χ4n) is 1.88. The van der Waals surface area contributed by atoms with Crippen molar-refractivity contribution in [2.75, 3.05) is 26.2 Å². The van der Waals surface area contributed by atoms with E-state index in [2.05, 4.69) is 4.90 Å². The Kier molecular flexibility index (Phi) is 3.41. The molecule has 0 unspecified atom stereocenters. The highest BCUT2D eigenvalue weighted by atomic mass is 16.5. The normalized spacial score (nSPS) is 22.7. The van der Waals surface area contributed by atoms with E-state index in [4.69, 9.17) is 9.84 Å². The molecule has 0 aliphatic carbocycles. The number of carboxylic acid groups (broad SMARTS) is 1. The Morgan fingerprint density at radius 1 is 1.53 bits per heavy atom. The molecule has 1 aliphatic heterocycles. The largest absolute Gasteiger partial charge is 0.481 e. The smallest absolute Gasteiger partial charge is 0.310 e. The van der Waals surface area contributed by atoms with Gasteiger partial charge in [0.1, 0.15) is 0 Å². The quantitative estimate of drug-likeness (QED) is 0.768. The van der Waals surface area contributed by atoms with E-state index >= 15 is 0 Å². The molecule has 4 heteroatoms. The molecule has 88 valence electrons. The van der Waals surface area contributed by atoms with Crippen molar-refractivity contribution in [1.82, 2.24) is 4.90 Å². The van der Waals surface area contributed by atoms with Crippen LogP contribution in [0, 0.1) is 5.41 Å². The lowest BCUT2D eigenvalue weighted by molar-refractivity contribution is -0.150. The standard InChI is InChI=1S/C11H21NO3/c1-10(2,9(13)14)7-12-5-6-15-11(3,4)8-12/h5-8H2,1-4H3,(H,13,14). The second-order valence-corrected chi connectivity index (χ2v) is 5.51. The van der Waals surface area contributed by atoms with Gasteiger partial charge in [0.05, 0.1) is 17.6 Å². The lowest BCUT2D eigenvalue weighted by Crippen LogP contribution is -2.51. The van der Waals surface area contributed by atoms with Crippen LogP contribution in [0.15, 0.2) is 0 Å². The third kappa shape index (κ3) is 3.47. The summed E-state index contributed by atoms with van der Waals surface area (Å²) in [5, 5.41) is 9.04. The fraction of sp³-hybridized carbons (Fsp3) is 0.909. The molecule has 0 amide bonds. The van der Waals surface area contributed by atoms with Gasteiger partial charge in [0.2, 0.25) is 0 Å². The number of morpholine rings is 1. The van der Waals surface area contributed by atoms with Crippen molar-refractivity contribution in [2.24, 2.45) is 5.41 Å². The molecular formula is C11H21NO3. The van der Waals surface area contributed by atoms with E-state index in [1.165, 1.54) is 0 Å². The number of hydrogen-bond donors (Lipinski definition) is 1. The van der Waals surface area contributed by atoms with Crippen LogP contribution in [0.3, 0.4) is 0 Å². The summed E-state index contributed by atoms with van der Waals surface area (Å²) in [4.78, 5) is 13.2. The number of aliphatic carboxylic acids is 1. The molecule has 0 bridgehead atoms. The van der Waals surface area contributed by atoms with E-state index in [-0.39, 0.29) is 5.60 Å². The average Bonchev–Trinajstić information content (AvgIpc) is 2.00. The first-order chi connectivity index (χ1) is 6.73. The maximum absolute atomic E-state index is 11.0. The van der Waals surface area contributed by atoms with Gasteiger partial charge in [-0.25, -0.2) is 0 Å². The van der Waals surface area contributed by atoms with E-state index in [1.807, 2.05) is 13.8 Å². The molecule has 0 aromatic rings. The molecular weight excluding hydrogens is 194 g/mol. The minimum atomic E-state index is -0.744. The van der Waals surface area contributed by atoms with Crippen molar-refractivity contribution in [3.63, 3.8) is 0 Å². The lowest BCUT2D eigenvalue weighted by Gasteiger charge is -2.40. The fourth-order valence-corrected chi connectivity index (χ4v) is 1.88. The summed E-state index contributed by atoms with van der Waals surface area (Å²) in [6, 6.07) is 0. The Hall–Kier alpha value is -0.610. The molecule has 0 aromatic carbocycles. The van der Waals surface area contributed by atoms with Gasteiger partial charge in [0.15, 0.2) is 0 Å². The van der Waals surface area contributed by atoms with Gasteiger partial charge in [-0.3, -0.25) is 9.69 Å². The van der Waals surface area contributed by atoms with Crippen LogP contribution in [0.25, 0.3) is 0 Å². The van der Waals surface area contributed by atoms with Gasteiger partial charge in [-0.15, -0.1) is 0 Å². The zero-order chi connectivity index (χ0) is 11.7. The highest BCUT2D eigenvalue weighted by molar-refractivity contribution is 5.73. The summed E-state index contributed by atoms with van der Waals surface area (Å²) in [7, 11) is 0. The zero-order valence-electron chi connectivity index (χ0n) is 10.0. The average molecular weight is 215 g/mol. The van der Waals surface area contributed by atoms with Gasteiger partial charge in [-0.2, -0.15) is 0 Å². The van der Waals surface area contributed by atoms with Crippen LogP contribution in [0.4, 0.5) is 0 Å². The van der Waals surface area contributed by atoms with Crippen LogP contribution in [-0.4, -0.2) is 47.8 Å². The van der Waals surface area contributed by atoms with Crippen LogP contribution in [0.5, 0.6) is 0 Å². The van der Waals surface area contributed by atoms with Gasteiger partial charge in [0.25, 0.3) is 0 Å². The molecule has 0 saturated carbocycles. The molecule has 1 heterocycles. The van der Waals surface area contributed by atoms with Gasteiger partial charge < -0.3 is 9.84 Å². The molecule has 1 fully saturated rings. The van der Waals surface area contributed by atoms with Crippen molar-refractivity contribution >= 4 is 5.97 Å². The van der Waals surface area contributed by atoms with Crippen molar-refractivity contribution in [3.8, 4) is 0 Å². The predicted molar refractivity (Wildman–Crippen MR) is 57.9 cm³/mol. The lowest BCUT2D eigenvalue weighted by atomic mass is 9.92. The molecule has 1 N–H and O–H groups in total. The van der Waals surface area contributed by atoms with E-state index in [1.54, 1.807) is 13.8 Å². The van der Waals surface area contributed by atoms with E-state index < -0.39 is 11.4 Å². The molecule has 0 radical (unpaired) electrons. The highest BCUT2D eigenvalue weighted by Crippen LogP contribution is 2.22. The molecule has 0 aromatic heterocycles. The topological polar surface area (TPSA) is 49.8 Å². The number of rotatable bonds is 3. The van der Waals surface area contributed by atoms with Crippen molar-refractivity contribution in [1.29, 1.82) is 0 Å². The van der Waals surface area contributed by atoms with E-state index in [0.717, 1.165) is 13.1 Å². The number of nitrogens with zero attached hydrogens (tertiary/aromatic N) is 1. The molecule has 15 heavy (non-hydrogen) atoms. The van der Waals surface area contributed by atoms with E-state index in [9.17, 15) is 4.79 Å². The van der Waals surface area contributed by atoms with Crippen LogP contribution in [-0.2, 0) is 9.53 Å². The summed E-state index contributed by atoms with van der Waals surface area (Å²) < 4.78 is 5.58. The maximum Gasteiger partial charge on any atom is 0.310 e. The second-order valence-electron chi connectivity index (χ2n) is 5.51. The van der Waals surface area contributed by atoms with E-state index in [0.29, 0.717) is 13.2 Å². The first-order valence-electron chi connectivity index (χ1n) is 5.33. The van der Waals surface area contributed by atoms with Gasteiger partial charge >= 0.3 is 5.97 Å². The highest BCUT2D eigenvalue weighted by Gasteiger charge is 2.34. The number of carbonyl (C=O) groups is 1. The molecule has 4 nitrogen and oxygen atoms in total. The van der Waals surface area contributed by atoms with Crippen molar-refractivity contribution in [3.05, 3.63) is 0 Å². The minimum Gasteiger partial charge on any atom is -0.481 e. The van der Waals surface area contributed by atoms with Crippen molar-refractivity contribution < 1.29 is 14.6 Å². The van der Waals surface area contributed by atoms with Crippen molar-refractivity contribution in [2.45, 2.75) is 33.3 Å². The number of ether oxygens (including phenoxy) is 1. The summed E-state index contributed by atoms with van der Waals surface area (Å²) in [6.45, 7) is 10.5. The summed E-state index contributed by atoms with van der Waals surface area (Å²) >= 11 is 0. The molecule has 1 aliphatic rings. The van der Waals surface area contributed by atoms with Gasteiger partial charge in [0, 0.05) is 19.6 Å². The maximum atomic E-state index is 11.0. The Morgan fingerprint density at radius 3 is 2.60 bits per heavy atom. The van der Waals surface area contributed by atoms with Crippen LogP contribution in [0.1, 0.15) is 27.7 Å². The Balaban J connectivity index is 2.55. The predicted octanol–water partition coefficient (Wildman–Crippen LogP) is 1.21. The summed E-state index contributed by atoms with van der Waals surface area (Å²) in [5.74, 6) is -0.744. The SMILES string of the molecule is CC1(C)CN(CC(C)(C)C(=O)O)CCO1. The molecule has 0 atom stereocenters. The van der Waals surface area contributed by atoms with Crippen LogP contribution >= 0.6 is 0 Å². The summed E-state index contributed by atoms with van der Waals surface area (Å²) in [5.41, 5.74) is -0.847. The number of hydrogen-bond acceptors (Lipinski definition) is 3. The zero-order valence-corrected chi connectivity index (χ0v) is 10.0. The third-order valence-electron chi connectivity index (χ3n) is 2.70. The van der Waals surface area contributed by atoms with Crippen LogP contribution < -0.4 is 0 Å². The Morgan fingerprint density at radius 2 is 2.13 bits per heavy atom. The first kappa shape index (κ1) is 12.5. The second kappa shape index (κ2) is 4.10. The number of carboxylic acids is 1. The third-order valence-corrected chi connectivity index (χ3v) is 2.70. The Labute approximate surface area is 91.2 Å². The van der Waals surface area contributed by atoms with Gasteiger partial charge in [-0.05, 0) is 27.7 Å². The van der Waals surface area contributed by atoms with Gasteiger partial charge in [-0.1, -0.05) is 0 Å². The Bertz CT molecular complexity index is 248. The first-order valence-corrected chi connectivity index (χ1v) is 5.33.